The van der Waals surface area contributed by atoms with Gasteiger partial charge in [-0.1, -0.05) is 12.1 Å². The van der Waals surface area contributed by atoms with Crippen LogP contribution in [0.3, 0.4) is 0 Å². The zero-order valence-corrected chi connectivity index (χ0v) is 23.5. The van der Waals surface area contributed by atoms with Crippen molar-refractivity contribution in [1.82, 2.24) is 0 Å². The average Bonchev–Trinajstić information content (AvgIpc) is 3.00. The second-order valence-electron chi connectivity index (χ2n) is 10.7. The summed E-state index contributed by atoms with van der Waals surface area (Å²) >= 11 is 0. The molecule has 0 fully saturated rings. The van der Waals surface area contributed by atoms with Gasteiger partial charge in [-0.3, -0.25) is 0 Å². The molecule has 0 aliphatic carbocycles. The number of benzene rings is 4. The molecule has 12 heteroatoms. The Hall–Kier alpha value is -5.20. The van der Waals surface area contributed by atoms with Crippen molar-refractivity contribution < 1.29 is 59.8 Å². The van der Waals surface area contributed by atoms with E-state index in [1.165, 1.54) is 68.8 Å². The Morgan fingerprint density at radius 2 is 1.27 bits per heavy atom. The van der Waals surface area contributed by atoms with Gasteiger partial charge in [0.2, 0.25) is 0 Å². The van der Waals surface area contributed by atoms with Gasteiger partial charge in [-0.25, -0.2) is 0 Å². The van der Waals surface area contributed by atoms with E-state index in [9.17, 15) is 40.9 Å². The van der Waals surface area contributed by atoms with Crippen LogP contribution in [0.15, 0.2) is 54.6 Å². The van der Waals surface area contributed by atoms with Crippen LogP contribution in [0.2, 0.25) is 0 Å². The highest BCUT2D eigenvalue weighted by Crippen LogP contribution is 2.57. The molecule has 2 aliphatic heterocycles. The van der Waals surface area contributed by atoms with E-state index in [1.54, 1.807) is 0 Å². The summed E-state index contributed by atoms with van der Waals surface area (Å²) < 4.78 is 23.5. The fourth-order valence-electron chi connectivity index (χ4n) is 5.97. The lowest BCUT2D eigenvalue weighted by Gasteiger charge is -2.40. The Kier molecular flexibility index (Phi) is 7.10. The second-order valence-corrected chi connectivity index (χ2v) is 10.7. The van der Waals surface area contributed by atoms with Crippen LogP contribution in [-0.2, 0) is 6.42 Å². The van der Waals surface area contributed by atoms with E-state index in [2.05, 4.69) is 0 Å². The molecule has 12 nitrogen and oxygen atoms in total. The van der Waals surface area contributed by atoms with Crippen LogP contribution in [0.25, 0.3) is 0 Å². The van der Waals surface area contributed by atoms with Crippen molar-refractivity contribution in [3.8, 4) is 57.5 Å². The number of phenolic OH excluding ortho intramolecular Hbond substituents is 6. The van der Waals surface area contributed by atoms with Gasteiger partial charge in [0.1, 0.15) is 46.7 Å². The van der Waals surface area contributed by atoms with Crippen LogP contribution in [0, 0.1) is 0 Å². The summed E-state index contributed by atoms with van der Waals surface area (Å²) in [7, 11) is 2.76. The molecule has 0 bridgehead atoms. The normalized spacial score (nSPS) is 22.2. The Balaban J connectivity index is 1.58. The highest BCUT2D eigenvalue weighted by molar-refractivity contribution is 5.66. The minimum absolute atomic E-state index is 0.0594. The average molecular weight is 607 g/mol. The van der Waals surface area contributed by atoms with Crippen molar-refractivity contribution in [2.75, 3.05) is 14.2 Å². The summed E-state index contributed by atoms with van der Waals surface area (Å²) in [6.07, 6.45) is -4.99. The largest absolute Gasteiger partial charge is 0.507 e. The zero-order chi connectivity index (χ0) is 31.4. The lowest BCUT2D eigenvalue weighted by molar-refractivity contribution is 0.00115. The van der Waals surface area contributed by atoms with E-state index in [-0.39, 0.29) is 69.1 Å². The summed E-state index contributed by atoms with van der Waals surface area (Å²) in [5.41, 5.74) is 1.19. The van der Waals surface area contributed by atoms with Crippen molar-refractivity contribution in [1.29, 1.82) is 0 Å². The third-order valence-corrected chi connectivity index (χ3v) is 8.10. The van der Waals surface area contributed by atoms with Gasteiger partial charge >= 0.3 is 0 Å². The number of hydrogen-bond acceptors (Lipinski definition) is 12. The monoisotopic (exact) mass is 606 g/mol. The fourth-order valence-corrected chi connectivity index (χ4v) is 5.97. The third-order valence-electron chi connectivity index (χ3n) is 8.10. The van der Waals surface area contributed by atoms with Crippen LogP contribution in [0.4, 0.5) is 0 Å². The van der Waals surface area contributed by atoms with Crippen molar-refractivity contribution in [2.24, 2.45) is 0 Å². The van der Waals surface area contributed by atoms with E-state index in [0.717, 1.165) is 0 Å². The van der Waals surface area contributed by atoms with Crippen molar-refractivity contribution in [3.05, 3.63) is 82.4 Å². The van der Waals surface area contributed by atoms with Gasteiger partial charge in [-0.2, -0.15) is 0 Å². The van der Waals surface area contributed by atoms with Gasteiger partial charge in [0.05, 0.1) is 26.2 Å². The first-order valence-corrected chi connectivity index (χ1v) is 13.6. The Labute approximate surface area is 250 Å². The van der Waals surface area contributed by atoms with E-state index in [1.807, 2.05) is 0 Å². The first-order valence-electron chi connectivity index (χ1n) is 13.6. The van der Waals surface area contributed by atoms with Crippen LogP contribution in [-0.4, -0.2) is 67.3 Å². The Morgan fingerprint density at radius 1 is 0.636 bits per heavy atom. The third kappa shape index (κ3) is 4.64. The molecule has 0 amide bonds. The maximum Gasteiger partial charge on any atom is 0.157 e. The molecule has 0 spiro atoms. The topological polar surface area (TPSA) is 199 Å². The molecule has 0 aromatic heterocycles. The number of phenols is 6. The molecule has 8 N–H and O–H groups in total. The molecule has 230 valence electrons. The number of hydrogen-bond donors (Lipinski definition) is 8. The van der Waals surface area contributed by atoms with Gasteiger partial charge in [0, 0.05) is 41.3 Å². The minimum atomic E-state index is -1.47. The Bertz CT molecular complexity index is 1750. The second kappa shape index (κ2) is 10.8. The summed E-state index contributed by atoms with van der Waals surface area (Å²) in [6.45, 7) is 0. The maximum atomic E-state index is 12.0. The molecule has 4 aromatic rings. The number of aliphatic hydroxyl groups is 2. The SMILES string of the molecule is COc1cc(O)c2c(c1)O[C@H](c1ccc(O)c(O)c1)[C@H](O)[C@H]2c1c(OC)cc(O)c2c1O[C@H](c1ccc(O)c(O)c1)[C@@H](O)C2. The molecular weight excluding hydrogens is 576 g/mol. The molecule has 0 unspecified atom stereocenters. The van der Waals surface area contributed by atoms with Crippen molar-refractivity contribution in [2.45, 2.75) is 36.8 Å². The highest BCUT2D eigenvalue weighted by Gasteiger charge is 2.46. The van der Waals surface area contributed by atoms with Crippen LogP contribution in [0.1, 0.15) is 45.9 Å². The quantitative estimate of drug-likeness (QED) is 0.154. The van der Waals surface area contributed by atoms with E-state index in [0.29, 0.717) is 11.1 Å². The molecule has 0 saturated heterocycles. The number of ether oxygens (including phenoxy) is 4. The van der Waals surface area contributed by atoms with Gasteiger partial charge in [0.15, 0.2) is 29.1 Å². The predicted molar refractivity (Wildman–Crippen MR) is 153 cm³/mol. The number of aliphatic hydroxyl groups excluding tert-OH is 2. The van der Waals surface area contributed by atoms with Crippen molar-refractivity contribution in [3.63, 3.8) is 0 Å². The first-order chi connectivity index (χ1) is 21.0. The molecular formula is C32H30O12. The van der Waals surface area contributed by atoms with Crippen LogP contribution in [0.5, 0.6) is 57.5 Å². The number of methoxy groups -OCH3 is 2. The molecule has 6 rings (SSSR count). The molecule has 4 aromatic carbocycles. The lowest BCUT2D eigenvalue weighted by atomic mass is 9.77. The summed E-state index contributed by atoms with van der Waals surface area (Å²) in [6, 6.07) is 12.1. The van der Waals surface area contributed by atoms with Gasteiger partial charge < -0.3 is 59.8 Å². The van der Waals surface area contributed by atoms with E-state index >= 15 is 0 Å². The Morgan fingerprint density at radius 3 is 1.86 bits per heavy atom. The minimum Gasteiger partial charge on any atom is -0.507 e. The molecule has 2 aliphatic rings. The molecule has 0 radical (unpaired) electrons. The zero-order valence-electron chi connectivity index (χ0n) is 23.5. The highest BCUT2D eigenvalue weighted by atomic mass is 16.5. The molecule has 0 saturated carbocycles. The van der Waals surface area contributed by atoms with Gasteiger partial charge in [0.25, 0.3) is 0 Å². The smallest absolute Gasteiger partial charge is 0.157 e. The molecule has 5 atom stereocenters. The van der Waals surface area contributed by atoms with Crippen LogP contribution >= 0.6 is 0 Å². The summed E-state index contributed by atoms with van der Waals surface area (Å²) in [5, 5.41) is 85.3. The van der Waals surface area contributed by atoms with Gasteiger partial charge in [-0.15, -0.1) is 0 Å². The number of fused-ring (bicyclic) bond motifs is 2. The maximum absolute atomic E-state index is 12.0. The standard InChI is InChI=1S/C32H30O12/c1-41-15-9-22(38)26-25(10-15)43-31(14-4-6-18(34)21(37)8-14)29(40)28(26)27-24(42-2)12-19(35)16-11-23(39)30(44-32(16)27)13-3-5-17(33)20(36)7-13/h3-10,12,23,28-31,33-40H,11H2,1-2H3/t23-,28+,29+,30+,31+/m0/s1. The molecule has 2 heterocycles. The summed E-state index contributed by atoms with van der Waals surface area (Å²) in [5.74, 6) is -2.72. The van der Waals surface area contributed by atoms with Crippen molar-refractivity contribution >= 4 is 0 Å². The van der Waals surface area contributed by atoms with E-state index < -0.39 is 41.8 Å². The number of rotatable bonds is 5. The number of aromatic hydroxyl groups is 6. The predicted octanol–water partition coefficient (Wildman–Crippen LogP) is 3.60. The van der Waals surface area contributed by atoms with Gasteiger partial charge in [-0.05, 0) is 35.4 Å². The first kappa shape index (κ1) is 28.9. The summed E-state index contributed by atoms with van der Waals surface area (Å²) in [4.78, 5) is 0. The molecule has 44 heavy (non-hydrogen) atoms. The lowest BCUT2D eigenvalue weighted by Crippen LogP contribution is -2.37. The van der Waals surface area contributed by atoms with Crippen LogP contribution < -0.4 is 18.9 Å². The van der Waals surface area contributed by atoms with E-state index in [4.69, 9.17) is 18.9 Å². The fraction of sp³-hybridized carbons (Fsp3) is 0.250.